The van der Waals surface area contributed by atoms with Crippen LogP contribution in [0.15, 0.2) is 46.8 Å². The van der Waals surface area contributed by atoms with Crippen LogP contribution in [0.3, 0.4) is 0 Å². The van der Waals surface area contributed by atoms with Gasteiger partial charge in [0.1, 0.15) is 0 Å². The zero-order chi connectivity index (χ0) is 20.3. The second-order valence-corrected chi connectivity index (χ2v) is 9.54. The number of halogens is 3. The maximum atomic E-state index is 12.4. The van der Waals surface area contributed by atoms with E-state index in [0.29, 0.717) is 26.9 Å². The third-order valence-corrected chi connectivity index (χ3v) is 6.97. The van der Waals surface area contributed by atoms with E-state index < -0.39 is 15.9 Å². The highest BCUT2D eigenvalue weighted by atomic mass is 35.5. The highest BCUT2D eigenvalue weighted by Crippen LogP contribution is 2.24. The van der Waals surface area contributed by atoms with Crippen molar-refractivity contribution in [3.05, 3.63) is 68.7 Å². The molecule has 0 aliphatic carbocycles. The van der Waals surface area contributed by atoms with Gasteiger partial charge in [0, 0.05) is 16.6 Å². The van der Waals surface area contributed by atoms with Gasteiger partial charge in [0.2, 0.25) is 9.47 Å². The summed E-state index contributed by atoms with van der Waals surface area (Å²) in [6, 6.07) is 11.2. The number of hydrogen-bond donors (Lipinski definition) is 2. The minimum atomic E-state index is -3.95. The van der Waals surface area contributed by atoms with Crippen LogP contribution in [-0.2, 0) is 16.6 Å². The molecule has 3 aromatic rings. The fraction of sp³-hybridized carbons (Fsp3) is 0.0625. The molecule has 0 unspecified atom stereocenters. The zero-order valence-electron chi connectivity index (χ0n) is 13.8. The number of aromatic nitrogens is 2. The molecule has 28 heavy (non-hydrogen) atoms. The van der Waals surface area contributed by atoms with Gasteiger partial charge in [-0.2, -0.15) is 0 Å². The van der Waals surface area contributed by atoms with Gasteiger partial charge in [0.15, 0.2) is 0 Å². The number of carbonyl (C=O) groups excluding carboxylic acids is 1. The number of benzene rings is 2. The van der Waals surface area contributed by atoms with E-state index in [0.717, 1.165) is 0 Å². The van der Waals surface area contributed by atoms with Gasteiger partial charge in [0.25, 0.3) is 15.9 Å². The molecule has 3 rings (SSSR count). The molecular formula is C16H11Cl3N4O3S2. The summed E-state index contributed by atoms with van der Waals surface area (Å²) in [6.07, 6.45) is 0. The molecule has 0 saturated heterocycles. The van der Waals surface area contributed by atoms with E-state index in [9.17, 15) is 13.2 Å². The minimum absolute atomic E-state index is 0.0230. The van der Waals surface area contributed by atoms with Crippen molar-refractivity contribution in [1.82, 2.24) is 14.9 Å². The number of carbonyl (C=O) groups is 1. The SMILES string of the molecule is O=C(Nc1nnc(S(=O)(=O)NCc2ccc(Cl)cc2Cl)s1)c1ccccc1Cl. The summed E-state index contributed by atoms with van der Waals surface area (Å²) in [5.41, 5.74) is 0.783. The second-order valence-electron chi connectivity index (χ2n) is 5.37. The summed E-state index contributed by atoms with van der Waals surface area (Å²) in [4.78, 5) is 12.2. The standard InChI is InChI=1S/C16H11Cl3N4O3S2/c17-10-6-5-9(13(19)7-10)8-20-28(25,26)16-23-22-15(27-16)21-14(24)11-3-1-2-4-12(11)18/h1-7,20H,8H2,(H,21,22,24). The number of anilines is 1. The van der Waals surface area contributed by atoms with Gasteiger partial charge in [0.05, 0.1) is 10.6 Å². The summed E-state index contributed by atoms with van der Waals surface area (Å²) in [5, 5.41) is 10.9. The van der Waals surface area contributed by atoms with Gasteiger partial charge in [-0.15, -0.1) is 10.2 Å². The minimum Gasteiger partial charge on any atom is -0.296 e. The number of rotatable bonds is 6. The Balaban J connectivity index is 1.70. The normalized spacial score (nSPS) is 11.4. The van der Waals surface area contributed by atoms with Crippen LogP contribution in [0.4, 0.5) is 5.13 Å². The Kier molecular flexibility index (Phi) is 6.54. The van der Waals surface area contributed by atoms with Crippen molar-refractivity contribution < 1.29 is 13.2 Å². The molecule has 7 nitrogen and oxygen atoms in total. The number of nitrogens with one attached hydrogen (secondary N) is 2. The van der Waals surface area contributed by atoms with Crippen LogP contribution in [0.1, 0.15) is 15.9 Å². The average Bonchev–Trinajstić information content (AvgIpc) is 3.10. The Morgan fingerprint density at radius 2 is 1.79 bits per heavy atom. The van der Waals surface area contributed by atoms with E-state index in [1.165, 1.54) is 12.1 Å². The predicted octanol–water partition coefficient (Wildman–Crippen LogP) is 4.23. The third kappa shape index (κ3) is 4.99. The van der Waals surface area contributed by atoms with E-state index in [1.54, 1.807) is 30.3 Å². The van der Waals surface area contributed by atoms with Crippen LogP contribution in [-0.4, -0.2) is 24.5 Å². The number of hydrogen-bond acceptors (Lipinski definition) is 6. The predicted molar refractivity (Wildman–Crippen MR) is 110 cm³/mol. The lowest BCUT2D eigenvalue weighted by atomic mass is 10.2. The molecule has 1 aromatic heterocycles. The van der Waals surface area contributed by atoms with Gasteiger partial charge < -0.3 is 0 Å². The summed E-state index contributed by atoms with van der Waals surface area (Å²) >= 11 is 18.5. The van der Waals surface area contributed by atoms with Crippen LogP contribution in [0.2, 0.25) is 15.1 Å². The van der Waals surface area contributed by atoms with Gasteiger partial charge in [-0.1, -0.05) is 64.3 Å². The van der Waals surface area contributed by atoms with Gasteiger partial charge >= 0.3 is 0 Å². The fourth-order valence-electron chi connectivity index (χ4n) is 2.08. The number of nitrogens with zero attached hydrogens (tertiary/aromatic N) is 2. The Morgan fingerprint density at radius 3 is 2.50 bits per heavy atom. The monoisotopic (exact) mass is 476 g/mol. The number of sulfonamides is 1. The molecule has 12 heteroatoms. The maximum Gasteiger partial charge on any atom is 0.270 e. The first-order valence-corrected chi connectivity index (χ1v) is 11.0. The lowest BCUT2D eigenvalue weighted by Gasteiger charge is -2.06. The Labute approximate surface area is 179 Å². The van der Waals surface area contributed by atoms with Crippen LogP contribution in [0.25, 0.3) is 0 Å². The lowest BCUT2D eigenvalue weighted by molar-refractivity contribution is 0.102. The van der Waals surface area contributed by atoms with Gasteiger partial charge in [-0.25, -0.2) is 13.1 Å². The van der Waals surface area contributed by atoms with Crippen LogP contribution < -0.4 is 10.0 Å². The molecule has 0 aliphatic rings. The smallest absolute Gasteiger partial charge is 0.270 e. The topological polar surface area (TPSA) is 101 Å². The van der Waals surface area contributed by atoms with Crippen molar-refractivity contribution in [3.8, 4) is 0 Å². The van der Waals surface area contributed by atoms with Crippen molar-refractivity contribution in [2.45, 2.75) is 10.9 Å². The molecular weight excluding hydrogens is 467 g/mol. The van der Waals surface area contributed by atoms with Crippen molar-refractivity contribution in [2.24, 2.45) is 0 Å². The summed E-state index contributed by atoms with van der Waals surface area (Å²) in [6.45, 7) is -0.0563. The fourth-order valence-corrected chi connectivity index (χ4v) is 4.72. The molecule has 2 aromatic carbocycles. The molecule has 2 N–H and O–H groups in total. The molecule has 0 radical (unpaired) electrons. The van der Waals surface area contributed by atoms with E-state index in [1.807, 2.05) is 0 Å². The molecule has 146 valence electrons. The molecule has 1 amide bonds. The van der Waals surface area contributed by atoms with E-state index in [-0.39, 0.29) is 26.6 Å². The number of amides is 1. The zero-order valence-corrected chi connectivity index (χ0v) is 17.7. The Hall–Kier alpha value is -1.75. The highest BCUT2D eigenvalue weighted by molar-refractivity contribution is 7.91. The van der Waals surface area contributed by atoms with Crippen LogP contribution in [0.5, 0.6) is 0 Å². The van der Waals surface area contributed by atoms with Crippen molar-refractivity contribution in [1.29, 1.82) is 0 Å². The molecule has 0 spiro atoms. The first kappa shape index (κ1) is 21.0. The first-order chi connectivity index (χ1) is 13.3. The van der Waals surface area contributed by atoms with E-state index in [2.05, 4.69) is 20.2 Å². The quantitative estimate of drug-likeness (QED) is 0.517. The largest absolute Gasteiger partial charge is 0.296 e. The highest BCUT2D eigenvalue weighted by Gasteiger charge is 2.21. The van der Waals surface area contributed by atoms with Crippen LogP contribution in [0, 0.1) is 0 Å². The summed E-state index contributed by atoms with van der Waals surface area (Å²) in [5.74, 6) is -0.522. The summed E-state index contributed by atoms with van der Waals surface area (Å²) in [7, 11) is -3.95. The Bertz CT molecular complexity index is 1140. The molecule has 0 aliphatic heterocycles. The Morgan fingerprint density at radius 1 is 1.04 bits per heavy atom. The van der Waals surface area contributed by atoms with E-state index >= 15 is 0 Å². The van der Waals surface area contributed by atoms with Gasteiger partial charge in [-0.3, -0.25) is 10.1 Å². The van der Waals surface area contributed by atoms with Crippen molar-refractivity contribution in [2.75, 3.05) is 5.32 Å². The maximum absolute atomic E-state index is 12.4. The average molecular weight is 478 g/mol. The third-order valence-electron chi connectivity index (χ3n) is 3.44. The molecule has 0 saturated carbocycles. The van der Waals surface area contributed by atoms with Crippen LogP contribution >= 0.6 is 46.1 Å². The van der Waals surface area contributed by atoms with Crippen molar-refractivity contribution >= 4 is 67.2 Å². The molecule has 0 bridgehead atoms. The second kappa shape index (κ2) is 8.73. The molecule has 1 heterocycles. The van der Waals surface area contributed by atoms with Gasteiger partial charge in [-0.05, 0) is 29.8 Å². The van der Waals surface area contributed by atoms with E-state index in [4.69, 9.17) is 34.8 Å². The lowest BCUT2D eigenvalue weighted by Crippen LogP contribution is -2.23. The first-order valence-electron chi connectivity index (χ1n) is 7.59. The molecule has 0 atom stereocenters. The van der Waals surface area contributed by atoms with Crippen molar-refractivity contribution in [3.63, 3.8) is 0 Å². The summed E-state index contributed by atoms with van der Waals surface area (Å²) < 4.78 is 26.9. The molecule has 0 fully saturated rings.